The van der Waals surface area contributed by atoms with Crippen LogP contribution in [0.25, 0.3) is 0 Å². The molecule has 0 aromatic carbocycles. The molecule has 2 heteroatoms. The molecule has 0 bridgehead atoms. The molecule has 2 aliphatic heterocycles. The van der Waals surface area contributed by atoms with Gasteiger partial charge in [-0.2, -0.15) is 0 Å². The Hall–Kier alpha value is -0.0800. The van der Waals surface area contributed by atoms with Crippen LogP contribution in [0.5, 0.6) is 0 Å². The molecule has 4 atom stereocenters. The van der Waals surface area contributed by atoms with Gasteiger partial charge in [0.2, 0.25) is 0 Å². The Morgan fingerprint density at radius 2 is 2.17 bits per heavy atom. The predicted molar refractivity (Wildman–Crippen MR) is 49.1 cm³/mol. The molecular weight excluding hydrogens is 150 g/mol. The van der Waals surface area contributed by atoms with E-state index in [9.17, 15) is 0 Å². The molecule has 0 saturated carbocycles. The summed E-state index contributed by atoms with van der Waals surface area (Å²) in [6, 6.07) is 0. The smallest absolute Gasteiger partial charge is 0.0582 e. The number of nitrogens with one attached hydrogen (secondary N) is 1. The monoisotopic (exact) mass is 169 g/mol. The summed E-state index contributed by atoms with van der Waals surface area (Å²) in [6.07, 6.45) is 3.61. The minimum Gasteiger partial charge on any atom is -0.375 e. The molecule has 4 unspecified atom stereocenters. The van der Waals surface area contributed by atoms with Gasteiger partial charge in [-0.3, -0.25) is 0 Å². The van der Waals surface area contributed by atoms with Gasteiger partial charge >= 0.3 is 0 Å². The van der Waals surface area contributed by atoms with E-state index in [1.54, 1.807) is 0 Å². The minimum absolute atomic E-state index is 0.491. The number of hydrogen-bond acceptors (Lipinski definition) is 2. The zero-order valence-corrected chi connectivity index (χ0v) is 8.05. The molecule has 2 heterocycles. The van der Waals surface area contributed by atoms with E-state index in [4.69, 9.17) is 4.74 Å². The molecule has 1 N–H and O–H groups in total. The standard InChI is InChI=1S/C10H19NO/c1-7-5-10(8(2)12-7)9-3-4-11-6-9/h7-11H,3-6H2,1-2H3. The number of ether oxygens (including phenoxy) is 1. The zero-order chi connectivity index (χ0) is 8.55. The second-order valence-electron chi connectivity index (χ2n) is 4.30. The molecular formula is C10H19NO. The molecule has 12 heavy (non-hydrogen) atoms. The summed E-state index contributed by atoms with van der Waals surface area (Å²) in [7, 11) is 0. The van der Waals surface area contributed by atoms with Gasteiger partial charge < -0.3 is 10.1 Å². The van der Waals surface area contributed by atoms with Gasteiger partial charge in [0.25, 0.3) is 0 Å². The zero-order valence-electron chi connectivity index (χ0n) is 8.05. The van der Waals surface area contributed by atoms with Crippen molar-refractivity contribution in [1.29, 1.82) is 0 Å². The third-order valence-electron chi connectivity index (χ3n) is 3.36. The average molecular weight is 169 g/mol. The minimum atomic E-state index is 0.491. The highest BCUT2D eigenvalue weighted by Gasteiger charge is 2.36. The summed E-state index contributed by atoms with van der Waals surface area (Å²) in [5.41, 5.74) is 0. The first-order chi connectivity index (χ1) is 5.77. The first-order valence-corrected chi connectivity index (χ1v) is 5.13. The van der Waals surface area contributed by atoms with Gasteiger partial charge in [0.05, 0.1) is 12.2 Å². The summed E-state index contributed by atoms with van der Waals surface area (Å²) in [4.78, 5) is 0. The van der Waals surface area contributed by atoms with Crippen LogP contribution in [0.15, 0.2) is 0 Å². The van der Waals surface area contributed by atoms with Crippen molar-refractivity contribution in [1.82, 2.24) is 5.32 Å². The summed E-state index contributed by atoms with van der Waals surface area (Å²) >= 11 is 0. The van der Waals surface area contributed by atoms with Gasteiger partial charge in [0.15, 0.2) is 0 Å². The lowest BCUT2D eigenvalue weighted by Gasteiger charge is -2.19. The van der Waals surface area contributed by atoms with Gasteiger partial charge in [0, 0.05) is 0 Å². The molecule has 0 radical (unpaired) electrons. The Kier molecular flexibility index (Phi) is 2.37. The summed E-state index contributed by atoms with van der Waals surface area (Å²) in [5, 5.41) is 3.43. The highest BCUT2D eigenvalue weighted by atomic mass is 16.5. The molecule has 2 rings (SSSR count). The van der Waals surface area contributed by atoms with E-state index in [0.29, 0.717) is 12.2 Å². The highest BCUT2D eigenvalue weighted by molar-refractivity contribution is 4.86. The first-order valence-electron chi connectivity index (χ1n) is 5.13. The van der Waals surface area contributed by atoms with Gasteiger partial charge in [-0.05, 0) is 51.6 Å². The van der Waals surface area contributed by atoms with E-state index in [-0.39, 0.29) is 0 Å². The van der Waals surface area contributed by atoms with Crippen LogP contribution >= 0.6 is 0 Å². The summed E-state index contributed by atoms with van der Waals surface area (Å²) in [6.45, 7) is 6.85. The molecule has 0 aromatic heterocycles. The SMILES string of the molecule is CC1CC(C2CCNC2)C(C)O1. The Balaban J connectivity index is 1.94. The molecule has 0 aliphatic carbocycles. The Morgan fingerprint density at radius 1 is 1.33 bits per heavy atom. The number of rotatable bonds is 1. The van der Waals surface area contributed by atoms with Crippen LogP contribution in [0.3, 0.4) is 0 Å². The molecule has 2 saturated heterocycles. The molecule has 2 aliphatic rings. The lowest BCUT2D eigenvalue weighted by molar-refractivity contribution is 0.0490. The van der Waals surface area contributed by atoms with Gasteiger partial charge in [0.1, 0.15) is 0 Å². The van der Waals surface area contributed by atoms with Crippen molar-refractivity contribution in [3.05, 3.63) is 0 Å². The molecule has 70 valence electrons. The number of hydrogen-bond donors (Lipinski definition) is 1. The summed E-state index contributed by atoms with van der Waals surface area (Å²) < 4.78 is 5.76. The quantitative estimate of drug-likeness (QED) is 0.641. The van der Waals surface area contributed by atoms with Crippen LogP contribution < -0.4 is 5.32 Å². The van der Waals surface area contributed by atoms with Crippen LogP contribution in [0.1, 0.15) is 26.7 Å². The van der Waals surface area contributed by atoms with Crippen molar-refractivity contribution in [2.24, 2.45) is 11.8 Å². The van der Waals surface area contributed by atoms with Crippen molar-refractivity contribution >= 4 is 0 Å². The van der Waals surface area contributed by atoms with E-state index >= 15 is 0 Å². The predicted octanol–water partition coefficient (Wildman–Crippen LogP) is 1.41. The van der Waals surface area contributed by atoms with Crippen molar-refractivity contribution in [2.45, 2.75) is 38.9 Å². The van der Waals surface area contributed by atoms with Crippen molar-refractivity contribution in [3.63, 3.8) is 0 Å². The lowest BCUT2D eigenvalue weighted by atomic mass is 9.86. The second kappa shape index (κ2) is 3.35. The van der Waals surface area contributed by atoms with Gasteiger partial charge in [-0.15, -0.1) is 0 Å². The molecule has 0 aromatic rings. The van der Waals surface area contributed by atoms with E-state index in [1.165, 1.54) is 25.9 Å². The van der Waals surface area contributed by atoms with E-state index in [1.807, 2.05) is 0 Å². The third-order valence-corrected chi connectivity index (χ3v) is 3.36. The fourth-order valence-electron chi connectivity index (χ4n) is 2.72. The topological polar surface area (TPSA) is 21.3 Å². The molecule has 2 fully saturated rings. The fourth-order valence-corrected chi connectivity index (χ4v) is 2.72. The Morgan fingerprint density at radius 3 is 2.67 bits per heavy atom. The van der Waals surface area contributed by atoms with Gasteiger partial charge in [-0.1, -0.05) is 0 Å². The highest BCUT2D eigenvalue weighted by Crippen LogP contribution is 2.34. The largest absolute Gasteiger partial charge is 0.375 e. The van der Waals surface area contributed by atoms with Crippen LogP contribution in [0.2, 0.25) is 0 Å². The van der Waals surface area contributed by atoms with Crippen molar-refractivity contribution in [2.75, 3.05) is 13.1 Å². The maximum Gasteiger partial charge on any atom is 0.0582 e. The second-order valence-corrected chi connectivity index (χ2v) is 4.30. The average Bonchev–Trinajstić information content (AvgIpc) is 2.58. The van der Waals surface area contributed by atoms with Crippen LogP contribution in [-0.2, 0) is 4.74 Å². The van der Waals surface area contributed by atoms with Crippen molar-refractivity contribution in [3.8, 4) is 0 Å². The van der Waals surface area contributed by atoms with E-state index in [2.05, 4.69) is 19.2 Å². The maximum absolute atomic E-state index is 5.76. The molecule has 0 spiro atoms. The molecule has 0 amide bonds. The Bertz CT molecular complexity index is 154. The summed E-state index contributed by atoms with van der Waals surface area (Å²) in [5.74, 6) is 1.69. The van der Waals surface area contributed by atoms with Gasteiger partial charge in [-0.25, -0.2) is 0 Å². The first kappa shape index (κ1) is 8.52. The van der Waals surface area contributed by atoms with Crippen LogP contribution in [-0.4, -0.2) is 25.3 Å². The Labute approximate surface area is 74.7 Å². The van der Waals surface area contributed by atoms with E-state index < -0.39 is 0 Å². The lowest BCUT2D eigenvalue weighted by Crippen LogP contribution is -2.23. The van der Waals surface area contributed by atoms with Crippen LogP contribution in [0.4, 0.5) is 0 Å². The maximum atomic E-state index is 5.76. The normalized spacial score (nSPS) is 48.5. The van der Waals surface area contributed by atoms with Crippen molar-refractivity contribution < 1.29 is 4.74 Å². The molecule has 2 nitrogen and oxygen atoms in total. The fraction of sp³-hybridized carbons (Fsp3) is 1.00. The van der Waals surface area contributed by atoms with E-state index in [0.717, 1.165) is 11.8 Å². The third kappa shape index (κ3) is 1.50. The van der Waals surface area contributed by atoms with Crippen LogP contribution in [0, 0.1) is 11.8 Å².